The molecule has 0 spiro atoms. The van der Waals surface area contributed by atoms with E-state index < -0.39 is 0 Å². The Hall–Kier alpha value is -2.28. The molecule has 1 fully saturated rings. The van der Waals surface area contributed by atoms with Gasteiger partial charge in [-0.15, -0.1) is 0 Å². The minimum atomic E-state index is -0.00154. The van der Waals surface area contributed by atoms with Gasteiger partial charge in [-0.3, -0.25) is 4.79 Å². The molecule has 0 bridgehead atoms. The number of nitrogens with zero attached hydrogens (tertiary/aromatic N) is 5. The summed E-state index contributed by atoms with van der Waals surface area (Å²) >= 11 is 0. The van der Waals surface area contributed by atoms with Crippen LogP contribution in [-0.4, -0.2) is 57.5 Å². The molecule has 0 radical (unpaired) electrons. The fourth-order valence-corrected chi connectivity index (χ4v) is 3.77. The molecule has 1 atom stereocenters. The summed E-state index contributed by atoms with van der Waals surface area (Å²) in [5.41, 5.74) is 3.63. The first-order valence-corrected chi connectivity index (χ1v) is 8.78. The number of hydrogen-bond acceptors (Lipinski definition) is 6. The summed E-state index contributed by atoms with van der Waals surface area (Å²) < 4.78 is 5.13. The van der Waals surface area contributed by atoms with E-state index in [0.717, 1.165) is 38.3 Å². The van der Waals surface area contributed by atoms with Gasteiger partial charge < -0.3 is 14.3 Å². The molecule has 0 saturated carbocycles. The van der Waals surface area contributed by atoms with Gasteiger partial charge in [0, 0.05) is 56.0 Å². The van der Waals surface area contributed by atoms with E-state index in [1.165, 1.54) is 11.3 Å². The largest absolute Gasteiger partial charge is 0.361 e. The second kappa shape index (κ2) is 6.22. The van der Waals surface area contributed by atoms with E-state index in [0.29, 0.717) is 23.6 Å². The van der Waals surface area contributed by atoms with Gasteiger partial charge in [-0.2, -0.15) is 0 Å². The standard InChI is InChI=1S/C18H23N5O2/c1-11-16(12(2)25-21-11)18(24)23-7-4-13(10-23)17-19-8-14-9-22(3)6-5-15(14)20-17/h8,13H,4-7,9-10H2,1-3H3. The lowest BCUT2D eigenvalue weighted by Crippen LogP contribution is -2.30. The number of aryl methyl sites for hydroxylation is 2. The SMILES string of the molecule is Cc1noc(C)c1C(=O)N1CCC(c2ncc3c(n2)CCN(C)C3)C1. The summed E-state index contributed by atoms with van der Waals surface area (Å²) in [4.78, 5) is 26.3. The lowest BCUT2D eigenvalue weighted by molar-refractivity contribution is 0.0788. The van der Waals surface area contributed by atoms with Crippen molar-refractivity contribution in [2.24, 2.45) is 0 Å². The summed E-state index contributed by atoms with van der Waals surface area (Å²) in [7, 11) is 2.12. The van der Waals surface area contributed by atoms with Gasteiger partial charge in [0.2, 0.25) is 0 Å². The molecule has 0 N–H and O–H groups in total. The lowest BCUT2D eigenvalue weighted by atomic mass is 10.1. The number of carbonyl (C=O) groups excluding carboxylic acids is 1. The van der Waals surface area contributed by atoms with Crippen LogP contribution in [0.5, 0.6) is 0 Å². The monoisotopic (exact) mass is 341 g/mol. The maximum atomic E-state index is 12.8. The van der Waals surface area contributed by atoms with Crippen molar-refractivity contribution in [3.63, 3.8) is 0 Å². The molecule has 1 unspecified atom stereocenters. The van der Waals surface area contributed by atoms with Crippen LogP contribution in [0.4, 0.5) is 0 Å². The molecule has 0 aliphatic carbocycles. The van der Waals surface area contributed by atoms with Crippen LogP contribution in [0.15, 0.2) is 10.7 Å². The number of likely N-dealkylation sites (tertiary alicyclic amines) is 1. The van der Waals surface area contributed by atoms with Gasteiger partial charge in [0.15, 0.2) is 0 Å². The smallest absolute Gasteiger partial charge is 0.259 e. The quantitative estimate of drug-likeness (QED) is 0.828. The van der Waals surface area contributed by atoms with Crippen molar-refractivity contribution >= 4 is 5.91 Å². The zero-order valence-electron chi connectivity index (χ0n) is 14.9. The Bertz CT molecular complexity index is 796. The summed E-state index contributed by atoms with van der Waals surface area (Å²) in [6, 6.07) is 0. The van der Waals surface area contributed by atoms with E-state index in [9.17, 15) is 4.79 Å². The Morgan fingerprint density at radius 1 is 1.32 bits per heavy atom. The van der Waals surface area contributed by atoms with Crippen LogP contribution in [0.25, 0.3) is 0 Å². The number of likely N-dealkylation sites (N-methyl/N-ethyl adjacent to an activating group) is 1. The average Bonchev–Trinajstić information content (AvgIpc) is 3.21. The molecule has 1 amide bonds. The molecule has 7 heteroatoms. The molecule has 0 aromatic carbocycles. The predicted molar refractivity (Wildman–Crippen MR) is 91.3 cm³/mol. The second-order valence-electron chi connectivity index (χ2n) is 7.12. The van der Waals surface area contributed by atoms with Crippen molar-refractivity contribution in [3.8, 4) is 0 Å². The molecule has 25 heavy (non-hydrogen) atoms. The van der Waals surface area contributed by atoms with Crippen molar-refractivity contribution in [2.45, 2.75) is 39.2 Å². The number of rotatable bonds is 2. The fourth-order valence-electron chi connectivity index (χ4n) is 3.77. The summed E-state index contributed by atoms with van der Waals surface area (Å²) in [5, 5.41) is 3.89. The highest BCUT2D eigenvalue weighted by molar-refractivity contribution is 5.96. The summed E-state index contributed by atoms with van der Waals surface area (Å²) in [6.45, 7) is 6.91. The first-order valence-electron chi connectivity index (χ1n) is 8.78. The van der Waals surface area contributed by atoms with Crippen LogP contribution in [0.2, 0.25) is 0 Å². The van der Waals surface area contributed by atoms with Crippen LogP contribution in [0, 0.1) is 13.8 Å². The Balaban J connectivity index is 1.50. The third-order valence-corrected chi connectivity index (χ3v) is 5.23. The molecule has 132 valence electrons. The lowest BCUT2D eigenvalue weighted by Gasteiger charge is -2.24. The number of carbonyl (C=O) groups is 1. The maximum absolute atomic E-state index is 12.8. The normalized spacial score (nSPS) is 20.8. The van der Waals surface area contributed by atoms with Crippen LogP contribution in [0.1, 0.15) is 51.2 Å². The van der Waals surface area contributed by atoms with Gasteiger partial charge in [0.1, 0.15) is 17.1 Å². The molecule has 2 aliphatic rings. The zero-order valence-corrected chi connectivity index (χ0v) is 14.9. The van der Waals surface area contributed by atoms with Crippen molar-refractivity contribution < 1.29 is 9.32 Å². The minimum Gasteiger partial charge on any atom is -0.361 e. The van der Waals surface area contributed by atoms with Gasteiger partial charge in [-0.1, -0.05) is 5.16 Å². The first kappa shape index (κ1) is 16.2. The number of amides is 1. The Morgan fingerprint density at radius 3 is 2.92 bits per heavy atom. The molecule has 1 saturated heterocycles. The van der Waals surface area contributed by atoms with Crippen LogP contribution in [-0.2, 0) is 13.0 Å². The molecule has 2 aliphatic heterocycles. The molecule has 4 heterocycles. The number of aromatic nitrogens is 3. The van der Waals surface area contributed by atoms with Gasteiger partial charge in [-0.05, 0) is 27.3 Å². The van der Waals surface area contributed by atoms with Gasteiger partial charge in [-0.25, -0.2) is 9.97 Å². The fraction of sp³-hybridized carbons (Fsp3) is 0.556. The van der Waals surface area contributed by atoms with Crippen molar-refractivity contribution in [1.29, 1.82) is 0 Å². The van der Waals surface area contributed by atoms with Gasteiger partial charge in [0.25, 0.3) is 5.91 Å². The molecular formula is C18H23N5O2. The van der Waals surface area contributed by atoms with E-state index in [-0.39, 0.29) is 11.8 Å². The highest BCUT2D eigenvalue weighted by Gasteiger charge is 2.32. The predicted octanol–water partition coefficient (Wildman–Crippen LogP) is 1.70. The Labute approximate surface area is 147 Å². The highest BCUT2D eigenvalue weighted by Crippen LogP contribution is 2.28. The van der Waals surface area contributed by atoms with Crippen molar-refractivity contribution in [2.75, 3.05) is 26.7 Å². The maximum Gasteiger partial charge on any atom is 0.259 e. The molecule has 2 aromatic heterocycles. The topological polar surface area (TPSA) is 75.4 Å². The van der Waals surface area contributed by atoms with Crippen LogP contribution < -0.4 is 0 Å². The average molecular weight is 341 g/mol. The van der Waals surface area contributed by atoms with E-state index >= 15 is 0 Å². The number of hydrogen-bond donors (Lipinski definition) is 0. The van der Waals surface area contributed by atoms with Crippen LogP contribution >= 0.6 is 0 Å². The van der Waals surface area contributed by atoms with Gasteiger partial charge in [0.05, 0.1) is 5.69 Å². The second-order valence-corrected chi connectivity index (χ2v) is 7.12. The summed E-state index contributed by atoms with van der Waals surface area (Å²) in [6.07, 6.45) is 3.83. The molecule has 2 aromatic rings. The zero-order chi connectivity index (χ0) is 17.6. The highest BCUT2D eigenvalue weighted by atomic mass is 16.5. The van der Waals surface area contributed by atoms with Gasteiger partial charge >= 0.3 is 0 Å². The molecule has 4 rings (SSSR count). The minimum absolute atomic E-state index is 0.00154. The van der Waals surface area contributed by atoms with Crippen molar-refractivity contribution in [3.05, 3.63) is 40.3 Å². The Kier molecular flexibility index (Phi) is 4.03. The van der Waals surface area contributed by atoms with E-state index in [1.807, 2.05) is 11.1 Å². The van der Waals surface area contributed by atoms with E-state index in [2.05, 4.69) is 22.1 Å². The molecule has 7 nitrogen and oxygen atoms in total. The summed E-state index contributed by atoms with van der Waals surface area (Å²) in [5.74, 6) is 1.66. The third kappa shape index (κ3) is 2.93. The first-order chi connectivity index (χ1) is 12.0. The van der Waals surface area contributed by atoms with Crippen molar-refractivity contribution in [1.82, 2.24) is 24.9 Å². The van der Waals surface area contributed by atoms with Crippen LogP contribution in [0.3, 0.4) is 0 Å². The third-order valence-electron chi connectivity index (χ3n) is 5.23. The number of fused-ring (bicyclic) bond motifs is 1. The van der Waals surface area contributed by atoms with E-state index in [4.69, 9.17) is 9.51 Å². The Morgan fingerprint density at radius 2 is 2.16 bits per heavy atom. The van der Waals surface area contributed by atoms with E-state index in [1.54, 1.807) is 13.8 Å². The molecular weight excluding hydrogens is 318 g/mol.